The SMILES string of the molecule is CNCc1cccc(F)c1OCC#CC(C)(C)C. The van der Waals surface area contributed by atoms with E-state index in [2.05, 4.69) is 17.2 Å². The third kappa shape index (κ3) is 4.77. The Kier molecular flexibility index (Phi) is 5.18. The summed E-state index contributed by atoms with van der Waals surface area (Å²) in [4.78, 5) is 0. The summed E-state index contributed by atoms with van der Waals surface area (Å²) >= 11 is 0. The molecule has 0 heterocycles. The second-order valence-electron chi connectivity index (χ2n) is 5.10. The van der Waals surface area contributed by atoms with E-state index in [1.54, 1.807) is 6.07 Å². The van der Waals surface area contributed by atoms with Crippen molar-refractivity contribution in [3.8, 4) is 17.6 Å². The van der Waals surface area contributed by atoms with Gasteiger partial charge in [0.05, 0.1) is 0 Å². The molecule has 0 spiro atoms. The van der Waals surface area contributed by atoms with Gasteiger partial charge in [-0.15, -0.1) is 0 Å². The topological polar surface area (TPSA) is 21.3 Å². The van der Waals surface area contributed by atoms with E-state index in [1.165, 1.54) is 6.07 Å². The number of halogens is 1. The molecular formula is C15H20FNO. The van der Waals surface area contributed by atoms with Crippen LogP contribution in [0.15, 0.2) is 18.2 Å². The van der Waals surface area contributed by atoms with Crippen LogP contribution in [-0.2, 0) is 6.54 Å². The Hall–Kier alpha value is -1.53. The summed E-state index contributed by atoms with van der Waals surface area (Å²) in [5.74, 6) is 5.90. The smallest absolute Gasteiger partial charge is 0.165 e. The Balaban J connectivity index is 2.74. The number of nitrogens with one attached hydrogen (secondary N) is 1. The Morgan fingerprint density at radius 2 is 2.06 bits per heavy atom. The lowest BCUT2D eigenvalue weighted by Gasteiger charge is -2.11. The summed E-state index contributed by atoms with van der Waals surface area (Å²) in [6.45, 7) is 6.84. The second-order valence-corrected chi connectivity index (χ2v) is 5.10. The zero-order valence-electron chi connectivity index (χ0n) is 11.4. The molecule has 1 N–H and O–H groups in total. The number of benzene rings is 1. The van der Waals surface area contributed by atoms with E-state index in [0.717, 1.165) is 5.56 Å². The molecule has 0 bridgehead atoms. The highest BCUT2D eigenvalue weighted by atomic mass is 19.1. The van der Waals surface area contributed by atoms with Crippen molar-refractivity contribution in [2.24, 2.45) is 5.41 Å². The molecule has 0 aliphatic rings. The maximum Gasteiger partial charge on any atom is 0.165 e. The number of rotatable bonds is 4. The molecule has 0 aromatic heterocycles. The minimum atomic E-state index is -0.347. The number of para-hydroxylation sites is 1. The van der Waals surface area contributed by atoms with Crippen LogP contribution in [0.3, 0.4) is 0 Å². The molecule has 0 saturated heterocycles. The molecule has 1 rings (SSSR count). The normalized spacial score (nSPS) is 10.7. The minimum Gasteiger partial charge on any atom is -0.478 e. The average Bonchev–Trinajstić information content (AvgIpc) is 2.26. The Bertz CT molecular complexity index is 452. The number of hydrogen-bond donors (Lipinski definition) is 1. The van der Waals surface area contributed by atoms with Crippen LogP contribution < -0.4 is 10.1 Å². The molecule has 0 atom stereocenters. The molecule has 0 amide bonds. The van der Waals surface area contributed by atoms with Gasteiger partial charge in [-0.1, -0.05) is 24.0 Å². The fourth-order valence-corrected chi connectivity index (χ4v) is 1.45. The molecule has 3 heteroatoms. The number of ether oxygens (including phenoxy) is 1. The molecule has 0 fully saturated rings. The van der Waals surface area contributed by atoms with E-state index in [-0.39, 0.29) is 23.6 Å². The Morgan fingerprint density at radius 3 is 2.67 bits per heavy atom. The molecule has 1 aromatic carbocycles. The lowest BCUT2D eigenvalue weighted by Crippen LogP contribution is -2.09. The molecule has 18 heavy (non-hydrogen) atoms. The highest BCUT2D eigenvalue weighted by Crippen LogP contribution is 2.22. The van der Waals surface area contributed by atoms with Crippen molar-refractivity contribution in [1.82, 2.24) is 5.32 Å². The summed E-state index contributed by atoms with van der Waals surface area (Å²) in [6, 6.07) is 4.91. The van der Waals surface area contributed by atoms with Crippen LogP contribution in [-0.4, -0.2) is 13.7 Å². The first kappa shape index (κ1) is 14.5. The maximum atomic E-state index is 13.6. The Labute approximate surface area is 109 Å². The van der Waals surface area contributed by atoms with Gasteiger partial charge in [0.15, 0.2) is 11.6 Å². The fourth-order valence-electron chi connectivity index (χ4n) is 1.45. The van der Waals surface area contributed by atoms with Gasteiger partial charge in [-0.25, -0.2) is 4.39 Å². The fraction of sp³-hybridized carbons (Fsp3) is 0.467. The average molecular weight is 249 g/mol. The van der Waals surface area contributed by atoms with Gasteiger partial charge < -0.3 is 10.1 Å². The lowest BCUT2D eigenvalue weighted by molar-refractivity contribution is 0.342. The molecular weight excluding hydrogens is 229 g/mol. The van der Waals surface area contributed by atoms with Crippen LogP contribution >= 0.6 is 0 Å². The van der Waals surface area contributed by atoms with Crippen molar-refractivity contribution < 1.29 is 9.13 Å². The van der Waals surface area contributed by atoms with Crippen molar-refractivity contribution >= 4 is 0 Å². The van der Waals surface area contributed by atoms with Crippen molar-refractivity contribution in [2.75, 3.05) is 13.7 Å². The lowest BCUT2D eigenvalue weighted by atomic mass is 9.98. The van der Waals surface area contributed by atoms with Crippen molar-refractivity contribution in [1.29, 1.82) is 0 Å². The summed E-state index contributed by atoms with van der Waals surface area (Å²) in [5, 5.41) is 2.98. The first-order chi connectivity index (χ1) is 8.44. The van der Waals surface area contributed by atoms with Crippen LogP contribution in [0.25, 0.3) is 0 Å². The summed E-state index contributed by atoms with van der Waals surface area (Å²) in [5.41, 5.74) is 0.738. The van der Waals surface area contributed by atoms with Crippen LogP contribution in [0.4, 0.5) is 4.39 Å². The molecule has 0 unspecified atom stereocenters. The van der Waals surface area contributed by atoms with Crippen LogP contribution in [0.5, 0.6) is 5.75 Å². The molecule has 98 valence electrons. The highest BCUT2D eigenvalue weighted by Gasteiger charge is 2.08. The van der Waals surface area contributed by atoms with Gasteiger partial charge in [0.25, 0.3) is 0 Å². The van der Waals surface area contributed by atoms with Crippen LogP contribution in [0.2, 0.25) is 0 Å². The summed E-state index contributed by atoms with van der Waals surface area (Å²) in [6.07, 6.45) is 0. The van der Waals surface area contributed by atoms with E-state index >= 15 is 0 Å². The second kappa shape index (κ2) is 6.42. The van der Waals surface area contributed by atoms with Crippen LogP contribution in [0.1, 0.15) is 26.3 Å². The predicted molar refractivity (Wildman–Crippen MR) is 71.9 cm³/mol. The molecule has 1 aromatic rings. The van der Waals surface area contributed by atoms with Gasteiger partial charge in [0, 0.05) is 17.5 Å². The Morgan fingerprint density at radius 1 is 1.33 bits per heavy atom. The third-order valence-corrected chi connectivity index (χ3v) is 2.17. The summed E-state index contributed by atoms with van der Waals surface area (Å²) < 4.78 is 19.1. The van der Waals surface area contributed by atoms with Gasteiger partial charge in [-0.3, -0.25) is 0 Å². The van der Waals surface area contributed by atoms with E-state index in [0.29, 0.717) is 6.54 Å². The van der Waals surface area contributed by atoms with Gasteiger partial charge in [0.1, 0.15) is 6.61 Å². The maximum absolute atomic E-state index is 13.6. The number of hydrogen-bond acceptors (Lipinski definition) is 2. The van der Waals surface area contributed by atoms with Gasteiger partial charge in [0.2, 0.25) is 0 Å². The summed E-state index contributed by atoms with van der Waals surface area (Å²) in [7, 11) is 1.81. The van der Waals surface area contributed by atoms with Gasteiger partial charge in [-0.2, -0.15) is 0 Å². The minimum absolute atomic E-state index is 0.0631. The van der Waals surface area contributed by atoms with Crippen LogP contribution in [0, 0.1) is 23.1 Å². The molecule has 0 aliphatic heterocycles. The standard InChI is InChI=1S/C15H20FNO/c1-15(2,3)9-6-10-18-14-12(11-17-4)7-5-8-13(14)16/h5,7-8,17H,10-11H2,1-4H3. The third-order valence-electron chi connectivity index (χ3n) is 2.17. The molecule has 0 aliphatic carbocycles. The monoisotopic (exact) mass is 249 g/mol. The molecule has 0 radical (unpaired) electrons. The van der Waals surface area contributed by atoms with Gasteiger partial charge >= 0.3 is 0 Å². The van der Waals surface area contributed by atoms with Crippen molar-refractivity contribution in [3.63, 3.8) is 0 Å². The van der Waals surface area contributed by atoms with E-state index < -0.39 is 0 Å². The van der Waals surface area contributed by atoms with E-state index in [1.807, 2.05) is 33.9 Å². The predicted octanol–water partition coefficient (Wildman–Crippen LogP) is 2.97. The highest BCUT2D eigenvalue weighted by molar-refractivity contribution is 5.35. The molecule has 2 nitrogen and oxygen atoms in total. The van der Waals surface area contributed by atoms with E-state index in [4.69, 9.17) is 4.74 Å². The van der Waals surface area contributed by atoms with Gasteiger partial charge in [-0.05, 0) is 33.9 Å². The molecule has 0 saturated carbocycles. The zero-order chi connectivity index (χ0) is 13.6. The quantitative estimate of drug-likeness (QED) is 0.828. The first-order valence-electron chi connectivity index (χ1n) is 5.99. The first-order valence-corrected chi connectivity index (χ1v) is 5.99. The van der Waals surface area contributed by atoms with Crippen molar-refractivity contribution in [2.45, 2.75) is 27.3 Å². The van der Waals surface area contributed by atoms with Crippen molar-refractivity contribution in [3.05, 3.63) is 29.6 Å². The largest absolute Gasteiger partial charge is 0.478 e. The van der Waals surface area contributed by atoms with E-state index in [9.17, 15) is 4.39 Å². The zero-order valence-corrected chi connectivity index (χ0v) is 11.4.